The highest BCUT2D eigenvalue weighted by Gasteiger charge is 2.10. The zero-order valence-electron chi connectivity index (χ0n) is 7.35. The van der Waals surface area contributed by atoms with Crippen LogP contribution in [0.1, 0.15) is 16.5 Å². The first kappa shape index (κ1) is 9.71. The van der Waals surface area contributed by atoms with Crippen LogP contribution in [0.3, 0.4) is 0 Å². The molecule has 0 aliphatic rings. The van der Waals surface area contributed by atoms with Crippen molar-refractivity contribution < 1.29 is 5.11 Å². The summed E-state index contributed by atoms with van der Waals surface area (Å²) in [5.74, 6) is 0. The predicted molar refractivity (Wildman–Crippen MR) is 59.8 cm³/mol. The number of rotatable bonds is 2. The maximum atomic E-state index is 9.96. The Morgan fingerprint density at radius 1 is 1.21 bits per heavy atom. The predicted octanol–water partition coefficient (Wildman–Crippen LogP) is 3.48. The van der Waals surface area contributed by atoms with Crippen molar-refractivity contribution in [2.75, 3.05) is 0 Å². The maximum Gasteiger partial charge on any atom is 0.113 e. The average molecular weight is 225 g/mol. The van der Waals surface area contributed by atoms with Crippen LogP contribution in [0.5, 0.6) is 0 Å². The van der Waals surface area contributed by atoms with E-state index in [0.717, 1.165) is 10.4 Å². The second-order valence-electron chi connectivity index (χ2n) is 2.97. The third kappa shape index (κ3) is 1.98. The quantitative estimate of drug-likeness (QED) is 0.828. The van der Waals surface area contributed by atoms with Crippen molar-refractivity contribution >= 4 is 22.9 Å². The molecule has 0 radical (unpaired) electrons. The van der Waals surface area contributed by atoms with Crippen LogP contribution < -0.4 is 0 Å². The van der Waals surface area contributed by atoms with E-state index in [1.54, 1.807) is 12.1 Å². The van der Waals surface area contributed by atoms with Crippen molar-refractivity contribution in [2.45, 2.75) is 6.10 Å². The third-order valence-corrected chi connectivity index (χ3v) is 3.14. The summed E-state index contributed by atoms with van der Waals surface area (Å²) in [6.45, 7) is 0. The van der Waals surface area contributed by atoms with Gasteiger partial charge in [-0.15, -0.1) is 11.3 Å². The van der Waals surface area contributed by atoms with Crippen LogP contribution in [0.25, 0.3) is 0 Å². The molecule has 14 heavy (non-hydrogen) atoms. The number of benzene rings is 1. The minimum Gasteiger partial charge on any atom is -0.383 e. The molecule has 1 N–H and O–H groups in total. The fraction of sp³-hybridized carbons (Fsp3) is 0.0909. The van der Waals surface area contributed by atoms with Crippen LogP contribution in [-0.4, -0.2) is 5.11 Å². The molecule has 0 saturated heterocycles. The minimum absolute atomic E-state index is 0.561. The maximum absolute atomic E-state index is 9.96. The molecule has 72 valence electrons. The molecule has 1 atom stereocenters. The second-order valence-corrected chi connectivity index (χ2v) is 4.39. The molecule has 1 aromatic carbocycles. The fourth-order valence-corrected chi connectivity index (χ4v) is 2.22. The van der Waals surface area contributed by atoms with E-state index in [1.807, 2.05) is 29.6 Å². The zero-order valence-corrected chi connectivity index (χ0v) is 8.92. The Kier molecular flexibility index (Phi) is 2.87. The molecule has 3 heteroatoms. The molecular weight excluding hydrogens is 216 g/mol. The standard InChI is InChI=1S/C11H9ClOS/c12-9-4-1-3-8(7-9)11(13)10-5-2-6-14-10/h1-7,11,13H/t11-/m1/s1. The lowest BCUT2D eigenvalue weighted by Gasteiger charge is -2.08. The van der Waals surface area contributed by atoms with Crippen molar-refractivity contribution in [1.29, 1.82) is 0 Å². The van der Waals surface area contributed by atoms with Gasteiger partial charge in [-0.05, 0) is 29.1 Å². The molecule has 0 amide bonds. The summed E-state index contributed by atoms with van der Waals surface area (Å²) in [4.78, 5) is 0.937. The van der Waals surface area contributed by atoms with E-state index in [-0.39, 0.29) is 0 Å². The average Bonchev–Trinajstić information content (AvgIpc) is 2.69. The normalized spacial score (nSPS) is 12.7. The van der Waals surface area contributed by atoms with E-state index < -0.39 is 6.10 Å². The lowest BCUT2D eigenvalue weighted by atomic mass is 10.1. The van der Waals surface area contributed by atoms with Gasteiger partial charge in [0.1, 0.15) is 6.10 Å². The molecule has 0 aliphatic carbocycles. The minimum atomic E-state index is -0.561. The Balaban J connectivity index is 2.32. The molecule has 1 nitrogen and oxygen atoms in total. The topological polar surface area (TPSA) is 20.2 Å². The van der Waals surface area contributed by atoms with Gasteiger partial charge >= 0.3 is 0 Å². The highest BCUT2D eigenvalue weighted by Crippen LogP contribution is 2.26. The Bertz CT molecular complexity index is 411. The van der Waals surface area contributed by atoms with E-state index in [4.69, 9.17) is 11.6 Å². The van der Waals surface area contributed by atoms with Crippen molar-refractivity contribution in [1.82, 2.24) is 0 Å². The largest absolute Gasteiger partial charge is 0.383 e. The summed E-state index contributed by atoms with van der Waals surface area (Å²) in [5.41, 5.74) is 0.833. The molecule has 2 aromatic rings. The lowest BCUT2D eigenvalue weighted by molar-refractivity contribution is 0.224. The number of aliphatic hydroxyl groups is 1. The van der Waals surface area contributed by atoms with Gasteiger partial charge in [0.2, 0.25) is 0 Å². The van der Waals surface area contributed by atoms with Gasteiger partial charge in [-0.2, -0.15) is 0 Å². The number of hydrogen-bond acceptors (Lipinski definition) is 2. The summed E-state index contributed by atoms with van der Waals surface area (Å²) >= 11 is 7.38. The molecule has 0 spiro atoms. The number of halogens is 1. The van der Waals surface area contributed by atoms with E-state index in [0.29, 0.717) is 5.02 Å². The summed E-state index contributed by atoms with van der Waals surface area (Å²) in [6, 6.07) is 11.1. The SMILES string of the molecule is O[C@H](c1cccc(Cl)c1)c1cccs1. The monoisotopic (exact) mass is 224 g/mol. The second kappa shape index (κ2) is 4.13. The van der Waals surface area contributed by atoms with Gasteiger partial charge in [-0.25, -0.2) is 0 Å². The van der Waals surface area contributed by atoms with E-state index in [9.17, 15) is 5.11 Å². The molecular formula is C11H9ClOS. The Morgan fingerprint density at radius 3 is 2.71 bits per heavy atom. The number of hydrogen-bond donors (Lipinski definition) is 1. The van der Waals surface area contributed by atoms with Crippen molar-refractivity contribution in [3.63, 3.8) is 0 Å². The number of aliphatic hydroxyl groups excluding tert-OH is 1. The smallest absolute Gasteiger partial charge is 0.113 e. The van der Waals surface area contributed by atoms with Gasteiger partial charge in [-0.1, -0.05) is 29.8 Å². The molecule has 0 fully saturated rings. The lowest BCUT2D eigenvalue weighted by Crippen LogP contribution is -1.96. The molecule has 0 aliphatic heterocycles. The van der Waals surface area contributed by atoms with E-state index in [1.165, 1.54) is 11.3 Å². The third-order valence-electron chi connectivity index (χ3n) is 1.98. The van der Waals surface area contributed by atoms with Gasteiger partial charge in [0.05, 0.1) is 0 Å². The van der Waals surface area contributed by atoms with Gasteiger partial charge in [-0.3, -0.25) is 0 Å². The summed E-state index contributed by atoms with van der Waals surface area (Å²) in [5, 5.41) is 12.6. The van der Waals surface area contributed by atoms with Crippen LogP contribution >= 0.6 is 22.9 Å². The summed E-state index contributed by atoms with van der Waals surface area (Å²) in [7, 11) is 0. The molecule has 0 unspecified atom stereocenters. The Morgan fingerprint density at radius 2 is 2.07 bits per heavy atom. The van der Waals surface area contributed by atoms with Crippen molar-refractivity contribution in [2.24, 2.45) is 0 Å². The van der Waals surface area contributed by atoms with Gasteiger partial charge < -0.3 is 5.11 Å². The van der Waals surface area contributed by atoms with Gasteiger partial charge in [0.15, 0.2) is 0 Å². The Labute approximate surface area is 91.6 Å². The molecule has 2 rings (SSSR count). The van der Waals surface area contributed by atoms with Crippen LogP contribution in [0.2, 0.25) is 5.02 Å². The van der Waals surface area contributed by atoms with Crippen molar-refractivity contribution in [3.8, 4) is 0 Å². The Hall–Kier alpha value is -0.830. The van der Waals surface area contributed by atoms with E-state index >= 15 is 0 Å². The van der Waals surface area contributed by atoms with Crippen molar-refractivity contribution in [3.05, 3.63) is 57.2 Å². The molecule has 1 heterocycles. The first-order valence-electron chi connectivity index (χ1n) is 4.24. The zero-order chi connectivity index (χ0) is 9.97. The summed E-state index contributed by atoms with van der Waals surface area (Å²) < 4.78 is 0. The van der Waals surface area contributed by atoms with Crippen LogP contribution in [0.4, 0.5) is 0 Å². The fourth-order valence-electron chi connectivity index (χ4n) is 1.29. The van der Waals surface area contributed by atoms with Crippen LogP contribution in [0.15, 0.2) is 41.8 Å². The molecule has 0 bridgehead atoms. The first-order valence-corrected chi connectivity index (χ1v) is 5.50. The highest BCUT2D eigenvalue weighted by molar-refractivity contribution is 7.10. The van der Waals surface area contributed by atoms with Gasteiger partial charge in [0.25, 0.3) is 0 Å². The van der Waals surface area contributed by atoms with E-state index in [2.05, 4.69) is 0 Å². The number of thiophene rings is 1. The van der Waals surface area contributed by atoms with Gasteiger partial charge in [0, 0.05) is 9.90 Å². The first-order chi connectivity index (χ1) is 6.77. The highest BCUT2D eigenvalue weighted by atomic mass is 35.5. The van der Waals surface area contributed by atoms with Crippen LogP contribution in [0, 0.1) is 0 Å². The molecule has 0 saturated carbocycles. The molecule has 1 aromatic heterocycles. The van der Waals surface area contributed by atoms with Crippen LogP contribution in [-0.2, 0) is 0 Å². The summed E-state index contributed by atoms with van der Waals surface area (Å²) in [6.07, 6.45) is -0.561.